The maximum atomic E-state index is 12.8. The normalized spacial score (nSPS) is 10.3. The number of amides is 2. The van der Waals surface area contributed by atoms with Crippen molar-refractivity contribution in [1.82, 2.24) is 16.2 Å². The first-order valence-corrected chi connectivity index (χ1v) is 12.6. The predicted octanol–water partition coefficient (Wildman–Crippen LogP) is 4.86. The zero-order valence-corrected chi connectivity index (χ0v) is 22.8. The second-order valence-electron chi connectivity index (χ2n) is 7.38. The number of carbonyl (C=O) groups excluding carboxylic acids is 2. The number of hydrogen-bond donors (Lipinski definition) is 3. The van der Waals surface area contributed by atoms with Crippen molar-refractivity contribution in [3.05, 3.63) is 92.4 Å². The van der Waals surface area contributed by atoms with Gasteiger partial charge >= 0.3 is 0 Å². The summed E-state index contributed by atoms with van der Waals surface area (Å²) in [6, 6.07) is 20.5. The fraction of sp³-hybridized carbons (Fsp3) is 0.160. The smallest absolute Gasteiger partial charge is 0.276 e. The van der Waals surface area contributed by atoms with Crippen LogP contribution in [0.3, 0.4) is 0 Å². The van der Waals surface area contributed by atoms with Crippen molar-refractivity contribution in [3.8, 4) is 11.5 Å². The summed E-state index contributed by atoms with van der Waals surface area (Å²) < 4.78 is 13.0. The third-order valence-corrected chi connectivity index (χ3v) is 6.31. The first-order valence-electron chi connectivity index (χ1n) is 10.6. The first kappa shape index (κ1) is 26.7. The van der Waals surface area contributed by atoms with Crippen molar-refractivity contribution < 1.29 is 19.1 Å². The monoisotopic (exact) mass is 619 g/mol. The van der Waals surface area contributed by atoms with Crippen LogP contribution in [-0.2, 0) is 11.2 Å². The van der Waals surface area contributed by atoms with E-state index in [1.807, 2.05) is 49.4 Å². The lowest BCUT2D eigenvalue weighted by atomic mass is 10.1. The molecule has 2 amide bonds. The molecule has 3 rings (SSSR count). The molecule has 0 unspecified atom stereocenters. The van der Waals surface area contributed by atoms with Crippen molar-refractivity contribution in [2.75, 3.05) is 13.2 Å². The van der Waals surface area contributed by atoms with Crippen LogP contribution in [-0.4, -0.2) is 30.1 Å². The van der Waals surface area contributed by atoms with Gasteiger partial charge in [-0.3, -0.25) is 25.8 Å². The Morgan fingerprint density at radius 2 is 1.71 bits per heavy atom. The Balaban J connectivity index is 1.48. The van der Waals surface area contributed by atoms with E-state index < -0.39 is 11.8 Å². The van der Waals surface area contributed by atoms with Crippen molar-refractivity contribution in [2.24, 2.45) is 0 Å². The Hall–Kier alpha value is -2.95. The number of rotatable bonds is 8. The SMILES string of the molecule is Cc1cc(OCC(=O)NNC(=S)NC(=O)c2cc(Br)ccc2OCCc2ccccc2)ccc1Br. The fourth-order valence-electron chi connectivity index (χ4n) is 2.95. The van der Waals surface area contributed by atoms with Crippen LogP contribution in [0.2, 0.25) is 0 Å². The summed E-state index contributed by atoms with van der Waals surface area (Å²) in [7, 11) is 0. The van der Waals surface area contributed by atoms with Gasteiger partial charge in [-0.2, -0.15) is 0 Å². The molecule has 0 saturated heterocycles. The molecule has 35 heavy (non-hydrogen) atoms. The zero-order valence-electron chi connectivity index (χ0n) is 18.8. The van der Waals surface area contributed by atoms with E-state index >= 15 is 0 Å². The molecule has 0 aromatic heterocycles. The maximum Gasteiger partial charge on any atom is 0.276 e. The van der Waals surface area contributed by atoms with E-state index in [9.17, 15) is 9.59 Å². The first-order chi connectivity index (χ1) is 16.8. The molecule has 0 radical (unpaired) electrons. The van der Waals surface area contributed by atoms with Crippen LogP contribution < -0.4 is 25.6 Å². The van der Waals surface area contributed by atoms with E-state index in [-0.39, 0.29) is 11.7 Å². The Morgan fingerprint density at radius 3 is 2.46 bits per heavy atom. The average Bonchev–Trinajstić information content (AvgIpc) is 2.85. The molecule has 182 valence electrons. The minimum absolute atomic E-state index is 0.0713. The number of nitrogens with one attached hydrogen (secondary N) is 3. The van der Waals surface area contributed by atoms with Gasteiger partial charge in [-0.15, -0.1) is 0 Å². The summed E-state index contributed by atoms with van der Waals surface area (Å²) >= 11 is 11.9. The molecule has 0 spiro atoms. The molecule has 7 nitrogen and oxygen atoms in total. The van der Waals surface area contributed by atoms with Gasteiger partial charge in [-0.05, 0) is 66.7 Å². The van der Waals surface area contributed by atoms with Gasteiger partial charge in [-0.1, -0.05) is 62.2 Å². The van der Waals surface area contributed by atoms with Gasteiger partial charge < -0.3 is 9.47 Å². The number of hydrogen-bond acceptors (Lipinski definition) is 5. The van der Waals surface area contributed by atoms with Gasteiger partial charge in [0.1, 0.15) is 11.5 Å². The van der Waals surface area contributed by atoms with Crippen molar-refractivity contribution in [2.45, 2.75) is 13.3 Å². The van der Waals surface area contributed by atoms with E-state index in [1.54, 1.807) is 24.3 Å². The highest BCUT2D eigenvalue weighted by Gasteiger charge is 2.15. The highest BCUT2D eigenvalue weighted by Crippen LogP contribution is 2.24. The number of carbonyl (C=O) groups is 2. The average molecular weight is 621 g/mol. The quantitative estimate of drug-likeness (QED) is 0.246. The predicted molar refractivity (Wildman–Crippen MR) is 145 cm³/mol. The van der Waals surface area contributed by atoms with Crippen LogP contribution in [0.4, 0.5) is 0 Å². The van der Waals surface area contributed by atoms with Gasteiger partial charge in [0.2, 0.25) is 0 Å². The highest BCUT2D eigenvalue weighted by molar-refractivity contribution is 9.10. The van der Waals surface area contributed by atoms with E-state index in [2.05, 4.69) is 48.0 Å². The van der Waals surface area contributed by atoms with Gasteiger partial charge in [0.15, 0.2) is 11.7 Å². The largest absolute Gasteiger partial charge is 0.492 e. The number of hydrazine groups is 1. The lowest BCUT2D eigenvalue weighted by Crippen LogP contribution is -2.49. The minimum Gasteiger partial charge on any atom is -0.492 e. The van der Waals surface area contributed by atoms with Crippen LogP contribution in [0.1, 0.15) is 21.5 Å². The van der Waals surface area contributed by atoms with E-state index in [4.69, 9.17) is 21.7 Å². The molecule has 0 atom stereocenters. The van der Waals surface area contributed by atoms with E-state index in [1.165, 1.54) is 0 Å². The molecule has 3 aromatic carbocycles. The van der Waals surface area contributed by atoms with Crippen LogP contribution in [0, 0.1) is 6.92 Å². The van der Waals surface area contributed by atoms with Gasteiger partial charge in [0.25, 0.3) is 11.8 Å². The second kappa shape index (κ2) is 13.2. The molecule has 3 N–H and O–H groups in total. The van der Waals surface area contributed by atoms with E-state index in [0.717, 1.165) is 15.6 Å². The van der Waals surface area contributed by atoms with Crippen LogP contribution >= 0.6 is 44.1 Å². The molecule has 0 heterocycles. The summed E-state index contributed by atoms with van der Waals surface area (Å²) in [5, 5.41) is 2.46. The Morgan fingerprint density at radius 1 is 0.943 bits per heavy atom. The molecule has 0 fully saturated rings. The molecular weight excluding hydrogens is 598 g/mol. The van der Waals surface area contributed by atoms with Gasteiger partial charge in [-0.25, -0.2) is 0 Å². The van der Waals surface area contributed by atoms with Crippen molar-refractivity contribution in [1.29, 1.82) is 0 Å². The molecule has 0 bridgehead atoms. The molecular formula is C25H23Br2N3O4S. The fourth-order valence-corrected chi connectivity index (χ4v) is 3.70. The third-order valence-electron chi connectivity index (χ3n) is 4.72. The highest BCUT2D eigenvalue weighted by atomic mass is 79.9. The Kier molecular flexibility index (Phi) is 10.1. The summed E-state index contributed by atoms with van der Waals surface area (Å²) in [6.07, 6.45) is 0.700. The second-order valence-corrected chi connectivity index (χ2v) is 9.56. The lowest BCUT2D eigenvalue weighted by Gasteiger charge is -2.14. The number of ether oxygens (including phenoxy) is 2. The topological polar surface area (TPSA) is 88.7 Å². The van der Waals surface area contributed by atoms with Crippen LogP contribution in [0.5, 0.6) is 11.5 Å². The number of aryl methyl sites for hydroxylation is 1. The summed E-state index contributed by atoms with van der Waals surface area (Å²) in [5.41, 5.74) is 7.32. The standard InChI is InChI=1S/C25H23Br2N3O4S/c1-16-13-19(8-9-21(16)27)34-15-23(31)29-30-25(35)28-24(32)20-14-18(26)7-10-22(20)33-12-11-17-5-3-2-4-6-17/h2-10,13-14H,11-12,15H2,1H3,(H,29,31)(H2,28,30,32,35). The van der Waals surface area contributed by atoms with Crippen LogP contribution in [0.15, 0.2) is 75.7 Å². The van der Waals surface area contributed by atoms with Gasteiger partial charge in [0.05, 0.1) is 12.2 Å². The molecule has 0 saturated carbocycles. The van der Waals surface area contributed by atoms with Crippen molar-refractivity contribution >= 4 is 61.0 Å². The summed E-state index contributed by atoms with van der Waals surface area (Å²) in [4.78, 5) is 24.9. The zero-order chi connectivity index (χ0) is 25.2. The number of halogens is 2. The minimum atomic E-state index is -0.477. The van der Waals surface area contributed by atoms with Crippen LogP contribution in [0.25, 0.3) is 0 Å². The number of thiocarbonyl (C=S) groups is 1. The summed E-state index contributed by atoms with van der Waals surface area (Å²) in [6.45, 7) is 2.10. The summed E-state index contributed by atoms with van der Waals surface area (Å²) in [5.74, 6) is 0.0433. The molecule has 0 aliphatic heterocycles. The maximum absolute atomic E-state index is 12.8. The molecule has 3 aromatic rings. The van der Waals surface area contributed by atoms with Crippen molar-refractivity contribution in [3.63, 3.8) is 0 Å². The lowest BCUT2D eigenvalue weighted by molar-refractivity contribution is -0.123. The molecule has 10 heteroatoms. The molecule has 0 aliphatic carbocycles. The number of benzene rings is 3. The Labute approximate surface area is 225 Å². The van der Waals surface area contributed by atoms with Gasteiger partial charge in [0, 0.05) is 15.4 Å². The Bertz CT molecular complexity index is 1210. The molecule has 0 aliphatic rings. The van der Waals surface area contributed by atoms with E-state index in [0.29, 0.717) is 34.6 Å². The third kappa shape index (κ3) is 8.65.